The van der Waals surface area contributed by atoms with Crippen LogP contribution < -0.4 is 10.6 Å². The molecule has 0 spiro atoms. The topological polar surface area (TPSA) is 105 Å². The molecule has 7 nitrogen and oxygen atoms in total. The second kappa shape index (κ2) is 9.71. The molecule has 0 aliphatic heterocycles. The first kappa shape index (κ1) is 21.8. The van der Waals surface area contributed by atoms with Gasteiger partial charge in [-0.05, 0) is 29.8 Å². The van der Waals surface area contributed by atoms with E-state index in [1.54, 1.807) is 12.3 Å². The van der Waals surface area contributed by atoms with Gasteiger partial charge in [-0.3, -0.25) is 4.98 Å². The van der Waals surface area contributed by atoms with E-state index in [2.05, 4.69) is 19.9 Å². The zero-order chi connectivity index (χ0) is 22.4. The van der Waals surface area contributed by atoms with Crippen LogP contribution >= 0.6 is 0 Å². The summed E-state index contributed by atoms with van der Waals surface area (Å²) in [5, 5.41) is 7.58. The van der Waals surface area contributed by atoms with Gasteiger partial charge in [-0.15, -0.1) is 0 Å². The van der Waals surface area contributed by atoms with Crippen molar-refractivity contribution in [1.29, 1.82) is 5.41 Å². The van der Waals surface area contributed by atoms with E-state index in [0.717, 1.165) is 22.9 Å². The molecule has 31 heavy (non-hydrogen) atoms. The molecule has 0 radical (unpaired) electrons. The lowest BCUT2D eigenvalue weighted by atomic mass is 10.1. The summed E-state index contributed by atoms with van der Waals surface area (Å²) in [6, 6.07) is 12.1. The molecule has 0 unspecified atom stereocenters. The smallest absolute Gasteiger partial charge is 0.147 e. The Morgan fingerprint density at radius 2 is 1.87 bits per heavy atom. The molecule has 0 amide bonds. The van der Waals surface area contributed by atoms with Crippen LogP contribution in [0.4, 0.5) is 16.0 Å². The highest BCUT2D eigenvalue weighted by atomic mass is 19.1. The van der Waals surface area contributed by atoms with E-state index in [1.807, 2.05) is 50.1 Å². The van der Waals surface area contributed by atoms with E-state index in [0.29, 0.717) is 29.1 Å². The lowest BCUT2D eigenvalue weighted by Crippen LogP contribution is -2.18. The van der Waals surface area contributed by atoms with Gasteiger partial charge in [0.05, 0.1) is 28.5 Å². The zero-order valence-electron chi connectivity index (χ0n) is 17.7. The van der Waals surface area contributed by atoms with Gasteiger partial charge in [0.2, 0.25) is 0 Å². The fourth-order valence-electron chi connectivity index (χ4n) is 3.10. The first-order valence-electron chi connectivity index (χ1n) is 9.89. The number of halogens is 1. The average Bonchev–Trinajstić information content (AvgIpc) is 2.79. The maximum absolute atomic E-state index is 13.4. The van der Waals surface area contributed by atoms with Gasteiger partial charge >= 0.3 is 0 Å². The fraction of sp³-hybridized carbons (Fsp3) is 0.174. The van der Waals surface area contributed by atoms with E-state index in [9.17, 15) is 4.39 Å². The number of nitrogens with one attached hydrogen (secondary N) is 1. The second-order valence-electron chi connectivity index (χ2n) is 6.58. The summed E-state index contributed by atoms with van der Waals surface area (Å²) in [4.78, 5) is 19.3. The number of nitrogens with two attached hydrogens (primary N) is 1. The summed E-state index contributed by atoms with van der Waals surface area (Å²) in [5.41, 5.74) is 9.93. The highest BCUT2D eigenvalue weighted by Gasteiger charge is 2.12. The zero-order valence-corrected chi connectivity index (χ0v) is 17.7. The Kier molecular flexibility index (Phi) is 6.81. The van der Waals surface area contributed by atoms with Crippen LogP contribution in [0, 0.1) is 11.2 Å². The molecule has 3 N–H and O–H groups in total. The van der Waals surface area contributed by atoms with Crippen LogP contribution in [0.25, 0.3) is 22.3 Å². The largest absolute Gasteiger partial charge is 0.383 e. The molecule has 4 rings (SSSR count). The van der Waals surface area contributed by atoms with Crippen molar-refractivity contribution in [3.05, 3.63) is 71.9 Å². The summed E-state index contributed by atoms with van der Waals surface area (Å²) >= 11 is 0. The van der Waals surface area contributed by atoms with Gasteiger partial charge in [-0.1, -0.05) is 32.0 Å². The van der Waals surface area contributed by atoms with Crippen LogP contribution in [0.3, 0.4) is 0 Å². The van der Waals surface area contributed by atoms with Gasteiger partial charge in [0.15, 0.2) is 0 Å². The number of hydrogen-bond acceptors (Lipinski definition) is 7. The Hall–Kier alpha value is -3.94. The molecule has 2 aromatic carbocycles. The summed E-state index contributed by atoms with van der Waals surface area (Å²) in [6.45, 7) is 4.51. The minimum absolute atomic E-state index is 0.255. The van der Waals surface area contributed by atoms with E-state index in [4.69, 9.17) is 11.1 Å². The molecule has 0 atom stereocenters. The van der Waals surface area contributed by atoms with Crippen LogP contribution in [0.2, 0.25) is 0 Å². The van der Waals surface area contributed by atoms with Gasteiger partial charge in [-0.25, -0.2) is 19.3 Å². The SMILES string of the molecule is CC.CN(Cc1cccc(F)c1)c1cnc2cc(-c3ncnc(N)c3C=N)ccc2n1. The van der Waals surface area contributed by atoms with E-state index >= 15 is 0 Å². The van der Waals surface area contributed by atoms with Crippen molar-refractivity contribution in [2.45, 2.75) is 20.4 Å². The van der Waals surface area contributed by atoms with Crippen LogP contribution in [0.1, 0.15) is 25.0 Å². The Morgan fingerprint density at radius 1 is 1.06 bits per heavy atom. The fourth-order valence-corrected chi connectivity index (χ4v) is 3.10. The first-order chi connectivity index (χ1) is 15.0. The first-order valence-corrected chi connectivity index (χ1v) is 9.89. The molecule has 0 aliphatic rings. The Balaban J connectivity index is 0.00000132. The van der Waals surface area contributed by atoms with Crippen LogP contribution in [-0.4, -0.2) is 33.2 Å². The lowest BCUT2D eigenvalue weighted by molar-refractivity contribution is 0.625. The molecule has 8 heteroatoms. The van der Waals surface area contributed by atoms with Gasteiger partial charge in [0.25, 0.3) is 0 Å². The summed E-state index contributed by atoms with van der Waals surface area (Å²) in [6.07, 6.45) is 4.19. The van der Waals surface area contributed by atoms with E-state index in [1.165, 1.54) is 18.5 Å². The number of hydrogen-bond donors (Lipinski definition) is 2. The maximum Gasteiger partial charge on any atom is 0.147 e. The summed E-state index contributed by atoms with van der Waals surface area (Å²) < 4.78 is 13.4. The molecule has 158 valence electrons. The molecule has 0 fully saturated rings. The molecule has 2 aromatic heterocycles. The normalized spacial score (nSPS) is 10.3. The Bertz CT molecular complexity index is 1210. The highest BCUT2D eigenvalue weighted by Crippen LogP contribution is 2.26. The number of benzene rings is 2. The molecule has 0 saturated heterocycles. The van der Waals surface area contributed by atoms with E-state index in [-0.39, 0.29) is 11.6 Å². The molecular weight excluding hydrogens is 393 g/mol. The van der Waals surface area contributed by atoms with Crippen LogP contribution in [0.5, 0.6) is 0 Å². The molecular formula is C23H24FN7. The number of nitrogen functional groups attached to an aromatic ring is 1. The molecule has 2 heterocycles. The standard InChI is InChI=1S/C21H18FN7.C2H6/c1-29(11-13-3-2-4-15(22)7-13)19-10-25-18-8-14(5-6-17(18)28-19)20-16(9-23)21(24)27-12-26-20;1-2/h2-10,12,23H,11H2,1H3,(H2,24,26,27);1-2H3. The number of rotatable bonds is 5. The maximum atomic E-state index is 13.4. The monoisotopic (exact) mass is 417 g/mol. The molecule has 4 aromatic rings. The van der Waals surface area contributed by atoms with Gasteiger partial charge < -0.3 is 16.0 Å². The minimum atomic E-state index is -0.261. The number of anilines is 2. The predicted octanol–water partition coefficient (Wildman–Crippen LogP) is 4.47. The highest BCUT2D eigenvalue weighted by molar-refractivity contribution is 5.93. The molecule has 0 saturated carbocycles. The van der Waals surface area contributed by atoms with Crippen molar-refractivity contribution in [3.8, 4) is 11.3 Å². The third-order valence-corrected chi connectivity index (χ3v) is 4.56. The summed E-state index contributed by atoms with van der Waals surface area (Å²) in [5.74, 6) is 0.675. The van der Waals surface area contributed by atoms with Crippen LogP contribution in [-0.2, 0) is 6.54 Å². The van der Waals surface area contributed by atoms with Crippen molar-refractivity contribution >= 4 is 28.9 Å². The molecule has 0 bridgehead atoms. The third kappa shape index (κ3) is 4.80. The van der Waals surface area contributed by atoms with E-state index < -0.39 is 0 Å². The van der Waals surface area contributed by atoms with Crippen LogP contribution in [0.15, 0.2) is 55.0 Å². The molecule has 0 aliphatic carbocycles. The minimum Gasteiger partial charge on any atom is -0.383 e. The second-order valence-corrected chi connectivity index (χ2v) is 6.58. The quantitative estimate of drug-likeness (QED) is 0.464. The predicted molar refractivity (Wildman–Crippen MR) is 123 cm³/mol. The number of aromatic nitrogens is 4. The number of fused-ring (bicyclic) bond motifs is 1. The third-order valence-electron chi connectivity index (χ3n) is 4.56. The Labute approximate surface area is 180 Å². The number of nitrogens with zero attached hydrogens (tertiary/aromatic N) is 5. The summed E-state index contributed by atoms with van der Waals surface area (Å²) in [7, 11) is 1.88. The van der Waals surface area contributed by atoms with Crippen molar-refractivity contribution in [2.75, 3.05) is 17.7 Å². The van der Waals surface area contributed by atoms with Crippen molar-refractivity contribution in [3.63, 3.8) is 0 Å². The lowest BCUT2D eigenvalue weighted by Gasteiger charge is -2.18. The van der Waals surface area contributed by atoms with Crippen molar-refractivity contribution in [2.24, 2.45) is 0 Å². The van der Waals surface area contributed by atoms with Crippen molar-refractivity contribution in [1.82, 2.24) is 19.9 Å². The van der Waals surface area contributed by atoms with Gasteiger partial charge in [0.1, 0.15) is 23.8 Å². The van der Waals surface area contributed by atoms with Gasteiger partial charge in [0, 0.05) is 25.4 Å². The average molecular weight is 417 g/mol. The Morgan fingerprint density at radius 3 is 2.61 bits per heavy atom. The van der Waals surface area contributed by atoms with Crippen molar-refractivity contribution < 1.29 is 4.39 Å². The van der Waals surface area contributed by atoms with Gasteiger partial charge in [-0.2, -0.15) is 0 Å².